The van der Waals surface area contributed by atoms with Crippen LogP contribution in [0.1, 0.15) is 35.8 Å². The van der Waals surface area contributed by atoms with Gasteiger partial charge in [-0.3, -0.25) is 4.79 Å². The van der Waals surface area contributed by atoms with E-state index in [1.54, 1.807) is 6.20 Å². The van der Waals surface area contributed by atoms with E-state index in [1.807, 2.05) is 17.9 Å². The number of nitrogens with zero attached hydrogens (tertiary/aromatic N) is 3. The monoisotopic (exact) mass is 300 g/mol. The molecule has 2 fully saturated rings. The summed E-state index contributed by atoms with van der Waals surface area (Å²) < 4.78 is 5.17. The van der Waals surface area contributed by atoms with Gasteiger partial charge in [0.15, 0.2) is 0 Å². The van der Waals surface area contributed by atoms with Crippen LogP contribution < -0.4 is 5.73 Å². The lowest BCUT2D eigenvalue weighted by Crippen LogP contribution is -2.33. The lowest BCUT2D eigenvalue weighted by molar-refractivity contribution is 0.0779. The van der Waals surface area contributed by atoms with Crippen LogP contribution in [0.25, 0.3) is 11.1 Å². The summed E-state index contributed by atoms with van der Waals surface area (Å²) in [6.07, 6.45) is 4.57. The SMILES string of the molecule is CCc1noc2ncc(C(=O)N3CC4CCC(N)C4C3)cc12. The Bertz CT molecular complexity index is 726. The number of aryl methyl sites for hydroxylation is 1. The van der Waals surface area contributed by atoms with Gasteiger partial charge in [0.05, 0.1) is 16.6 Å². The molecule has 1 aliphatic carbocycles. The first-order valence-electron chi connectivity index (χ1n) is 7.96. The van der Waals surface area contributed by atoms with Crippen molar-refractivity contribution in [1.82, 2.24) is 15.0 Å². The number of nitrogens with two attached hydrogens (primary N) is 1. The molecule has 1 saturated heterocycles. The van der Waals surface area contributed by atoms with Crippen molar-refractivity contribution in [2.24, 2.45) is 17.6 Å². The highest BCUT2D eigenvalue weighted by Crippen LogP contribution is 2.37. The van der Waals surface area contributed by atoms with Gasteiger partial charge in [-0.2, -0.15) is 0 Å². The molecule has 1 saturated carbocycles. The number of hydrogen-bond acceptors (Lipinski definition) is 5. The standard InChI is InChI=1S/C16H20N4O2/c1-2-14-11-5-10(6-18-15(11)22-19-14)16(21)20-7-9-3-4-13(17)12(9)8-20/h5-6,9,12-13H,2-4,7-8,17H2,1H3. The van der Waals surface area contributed by atoms with E-state index in [9.17, 15) is 4.79 Å². The minimum absolute atomic E-state index is 0.0410. The highest BCUT2D eigenvalue weighted by molar-refractivity contribution is 5.97. The van der Waals surface area contributed by atoms with Crippen molar-refractivity contribution in [3.63, 3.8) is 0 Å². The fraction of sp³-hybridized carbons (Fsp3) is 0.562. The van der Waals surface area contributed by atoms with Crippen LogP contribution in [0, 0.1) is 11.8 Å². The Hall–Kier alpha value is -1.95. The molecule has 3 unspecified atom stereocenters. The molecule has 1 amide bonds. The van der Waals surface area contributed by atoms with Crippen molar-refractivity contribution in [3.05, 3.63) is 23.5 Å². The summed E-state index contributed by atoms with van der Waals surface area (Å²) in [5.74, 6) is 1.07. The number of carbonyl (C=O) groups is 1. The van der Waals surface area contributed by atoms with E-state index in [1.165, 1.54) is 0 Å². The van der Waals surface area contributed by atoms with E-state index in [2.05, 4.69) is 10.1 Å². The van der Waals surface area contributed by atoms with Crippen LogP contribution in [0.5, 0.6) is 0 Å². The van der Waals surface area contributed by atoms with Crippen LogP contribution in [0.3, 0.4) is 0 Å². The number of likely N-dealkylation sites (tertiary alicyclic amines) is 1. The summed E-state index contributed by atoms with van der Waals surface area (Å²) >= 11 is 0. The second-order valence-corrected chi connectivity index (χ2v) is 6.43. The van der Waals surface area contributed by atoms with E-state index in [0.29, 0.717) is 23.1 Å². The Kier molecular flexibility index (Phi) is 3.14. The summed E-state index contributed by atoms with van der Waals surface area (Å²) in [6, 6.07) is 2.10. The van der Waals surface area contributed by atoms with Gasteiger partial charge in [-0.25, -0.2) is 4.98 Å². The molecule has 0 bridgehead atoms. The van der Waals surface area contributed by atoms with Crippen molar-refractivity contribution >= 4 is 17.0 Å². The molecule has 4 rings (SSSR count). The van der Waals surface area contributed by atoms with Crippen LogP contribution in [-0.2, 0) is 6.42 Å². The Labute approximate surface area is 128 Å². The molecular weight excluding hydrogens is 280 g/mol. The molecule has 2 aliphatic rings. The maximum Gasteiger partial charge on any atom is 0.257 e. The Morgan fingerprint density at radius 1 is 1.45 bits per heavy atom. The zero-order valence-electron chi connectivity index (χ0n) is 12.7. The van der Waals surface area contributed by atoms with Gasteiger partial charge < -0.3 is 15.2 Å². The van der Waals surface area contributed by atoms with Crippen LogP contribution in [0.4, 0.5) is 0 Å². The van der Waals surface area contributed by atoms with Crippen molar-refractivity contribution in [3.8, 4) is 0 Å². The molecule has 2 aromatic rings. The Morgan fingerprint density at radius 3 is 3.09 bits per heavy atom. The van der Waals surface area contributed by atoms with Crippen LogP contribution in [0.15, 0.2) is 16.8 Å². The Balaban J connectivity index is 1.60. The molecule has 1 aliphatic heterocycles. The first-order valence-corrected chi connectivity index (χ1v) is 7.96. The molecule has 0 spiro atoms. The molecule has 116 valence electrons. The van der Waals surface area contributed by atoms with Crippen molar-refractivity contribution in [2.45, 2.75) is 32.2 Å². The highest BCUT2D eigenvalue weighted by Gasteiger charge is 2.42. The zero-order chi connectivity index (χ0) is 15.3. The molecule has 2 N–H and O–H groups in total. The number of pyridine rings is 1. The van der Waals surface area contributed by atoms with E-state index < -0.39 is 0 Å². The largest absolute Gasteiger partial charge is 0.338 e. The third-order valence-corrected chi connectivity index (χ3v) is 5.19. The second-order valence-electron chi connectivity index (χ2n) is 6.43. The summed E-state index contributed by atoms with van der Waals surface area (Å²) in [5.41, 5.74) is 8.10. The van der Waals surface area contributed by atoms with Gasteiger partial charge >= 0.3 is 0 Å². The molecule has 6 nitrogen and oxygen atoms in total. The second kappa shape index (κ2) is 5.05. The highest BCUT2D eigenvalue weighted by atomic mass is 16.5. The minimum Gasteiger partial charge on any atom is -0.338 e. The van der Waals surface area contributed by atoms with Crippen LogP contribution >= 0.6 is 0 Å². The molecule has 2 aromatic heterocycles. The first kappa shape index (κ1) is 13.7. The molecule has 6 heteroatoms. The quantitative estimate of drug-likeness (QED) is 0.910. The normalized spacial score (nSPS) is 27.5. The fourth-order valence-corrected chi connectivity index (χ4v) is 3.91. The van der Waals surface area contributed by atoms with Crippen LogP contribution in [-0.4, -0.2) is 40.1 Å². The molecule has 0 radical (unpaired) electrons. The van der Waals surface area contributed by atoms with E-state index >= 15 is 0 Å². The van der Waals surface area contributed by atoms with Gasteiger partial charge in [-0.1, -0.05) is 12.1 Å². The van der Waals surface area contributed by atoms with Gasteiger partial charge in [0, 0.05) is 25.3 Å². The van der Waals surface area contributed by atoms with Crippen molar-refractivity contribution in [2.75, 3.05) is 13.1 Å². The average Bonchev–Trinajstić information content (AvgIpc) is 3.21. The fourth-order valence-electron chi connectivity index (χ4n) is 3.91. The van der Waals surface area contributed by atoms with E-state index in [4.69, 9.17) is 10.3 Å². The molecule has 3 atom stereocenters. The number of rotatable bonds is 2. The summed E-state index contributed by atoms with van der Waals surface area (Å²) in [7, 11) is 0. The lowest BCUT2D eigenvalue weighted by Gasteiger charge is -2.18. The predicted octanol–water partition coefficient (Wildman–Crippen LogP) is 1.59. The molecule has 0 aromatic carbocycles. The topological polar surface area (TPSA) is 85.2 Å². The van der Waals surface area contributed by atoms with Crippen LogP contribution in [0.2, 0.25) is 0 Å². The van der Waals surface area contributed by atoms with E-state index in [-0.39, 0.29) is 11.9 Å². The minimum atomic E-state index is 0.0410. The zero-order valence-corrected chi connectivity index (χ0v) is 12.7. The average molecular weight is 300 g/mol. The number of fused-ring (bicyclic) bond motifs is 2. The molecular formula is C16H20N4O2. The molecule has 3 heterocycles. The number of carbonyl (C=O) groups excluding carboxylic acids is 1. The van der Waals surface area contributed by atoms with Gasteiger partial charge in [0.2, 0.25) is 0 Å². The van der Waals surface area contributed by atoms with Crippen molar-refractivity contribution in [1.29, 1.82) is 0 Å². The summed E-state index contributed by atoms with van der Waals surface area (Å²) in [4.78, 5) is 18.9. The smallest absolute Gasteiger partial charge is 0.257 e. The number of amides is 1. The van der Waals surface area contributed by atoms with Gasteiger partial charge in [-0.05, 0) is 37.2 Å². The summed E-state index contributed by atoms with van der Waals surface area (Å²) in [6.45, 7) is 3.60. The van der Waals surface area contributed by atoms with Crippen molar-refractivity contribution < 1.29 is 9.32 Å². The third-order valence-electron chi connectivity index (χ3n) is 5.19. The maximum atomic E-state index is 12.7. The molecule has 22 heavy (non-hydrogen) atoms. The Morgan fingerprint density at radius 2 is 2.32 bits per heavy atom. The third kappa shape index (κ3) is 2.01. The van der Waals surface area contributed by atoms with Gasteiger partial charge in [0.1, 0.15) is 0 Å². The summed E-state index contributed by atoms with van der Waals surface area (Å²) in [5, 5.41) is 4.83. The number of aromatic nitrogens is 2. The number of hydrogen-bond donors (Lipinski definition) is 1. The van der Waals surface area contributed by atoms with Gasteiger partial charge in [0.25, 0.3) is 11.6 Å². The lowest BCUT2D eigenvalue weighted by atomic mass is 9.98. The van der Waals surface area contributed by atoms with E-state index in [0.717, 1.165) is 43.4 Å². The first-order chi connectivity index (χ1) is 10.7. The van der Waals surface area contributed by atoms with Gasteiger partial charge in [-0.15, -0.1) is 0 Å². The predicted molar refractivity (Wildman–Crippen MR) is 81.3 cm³/mol. The maximum absolute atomic E-state index is 12.7.